The Labute approximate surface area is 115 Å². The van der Waals surface area contributed by atoms with Crippen molar-refractivity contribution in [1.82, 2.24) is 5.32 Å². The molecular formula is C16H23NO2. The average molecular weight is 261 g/mol. The molecule has 0 saturated heterocycles. The molecule has 3 nitrogen and oxygen atoms in total. The molecule has 0 aromatic heterocycles. The highest BCUT2D eigenvalue weighted by Crippen LogP contribution is 2.39. The minimum atomic E-state index is -0.141. The lowest BCUT2D eigenvalue weighted by molar-refractivity contribution is 0.153. The summed E-state index contributed by atoms with van der Waals surface area (Å²) in [6, 6.07) is 8.04. The van der Waals surface area contributed by atoms with Crippen LogP contribution in [0.15, 0.2) is 36.9 Å². The SMILES string of the molecule is C=CCOc1ccc(CNC(C)(CO)C2CC2)cc1. The van der Waals surface area contributed by atoms with Gasteiger partial charge in [0.1, 0.15) is 12.4 Å². The first-order chi connectivity index (χ1) is 9.18. The van der Waals surface area contributed by atoms with Crippen LogP contribution in [0.3, 0.4) is 0 Å². The van der Waals surface area contributed by atoms with Crippen molar-refractivity contribution in [3.8, 4) is 5.75 Å². The van der Waals surface area contributed by atoms with Crippen molar-refractivity contribution >= 4 is 0 Å². The maximum Gasteiger partial charge on any atom is 0.119 e. The maximum absolute atomic E-state index is 9.52. The molecule has 2 rings (SSSR count). The van der Waals surface area contributed by atoms with Crippen LogP contribution in [0.1, 0.15) is 25.3 Å². The van der Waals surface area contributed by atoms with Crippen LogP contribution < -0.4 is 10.1 Å². The molecular weight excluding hydrogens is 238 g/mol. The summed E-state index contributed by atoms with van der Waals surface area (Å²) in [7, 11) is 0. The Kier molecular flexibility index (Phi) is 4.61. The van der Waals surface area contributed by atoms with Gasteiger partial charge in [-0.25, -0.2) is 0 Å². The third-order valence-corrected chi connectivity index (χ3v) is 3.79. The zero-order chi connectivity index (χ0) is 13.7. The largest absolute Gasteiger partial charge is 0.490 e. The van der Waals surface area contributed by atoms with Gasteiger partial charge in [-0.05, 0) is 43.4 Å². The standard InChI is InChI=1S/C16H23NO2/c1-3-10-19-15-8-4-13(5-9-15)11-17-16(2,12-18)14-6-7-14/h3-5,8-9,14,17-18H,1,6-7,10-12H2,2H3. The first-order valence-corrected chi connectivity index (χ1v) is 6.86. The molecule has 1 aromatic carbocycles. The molecule has 0 spiro atoms. The van der Waals surface area contributed by atoms with Gasteiger partial charge < -0.3 is 15.2 Å². The highest BCUT2D eigenvalue weighted by Gasteiger charge is 2.40. The zero-order valence-electron chi connectivity index (χ0n) is 11.6. The van der Waals surface area contributed by atoms with Crippen molar-refractivity contribution in [3.05, 3.63) is 42.5 Å². The van der Waals surface area contributed by atoms with Crippen LogP contribution in [0.4, 0.5) is 0 Å². The summed E-state index contributed by atoms with van der Waals surface area (Å²) in [5.41, 5.74) is 1.06. The van der Waals surface area contributed by atoms with E-state index >= 15 is 0 Å². The van der Waals surface area contributed by atoms with Gasteiger partial charge >= 0.3 is 0 Å². The lowest BCUT2D eigenvalue weighted by Crippen LogP contribution is -2.47. The molecule has 1 saturated carbocycles. The fraction of sp³-hybridized carbons (Fsp3) is 0.500. The quantitative estimate of drug-likeness (QED) is 0.706. The summed E-state index contributed by atoms with van der Waals surface area (Å²) in [6.45, 7) is 7.22. The van der Waals surface area contributed by atoms with Crippen LogP contribution in [-0.2, 0) is 6.54 Å². The van der Waals surface area contributed by atoms with Gasteiger partial charge in [-0.2, -0.15) is 0 Å². The van der Waals surface area contributed by atoms with E-state index in [1.807, 2.05) is 12.1 Å². The summed E-state index contributed by atoms with van der Waals surface area (Å²) >= 11 is 0. The fourth-order valence-electron chi connectivity index (χ4n) is 2.21. The molecule has 3 heteroatoms. The average Bonchev–Trinajstić information content (AvgIpc) is 3.28. The second kappa shape index (κ2) is 6.22. The molecule has 0 aliphatic heterocycles. The molecule has 104 valence electrons. The lowest BCUT2D eigenvalue weighted by atomic mass is 9.96. The Morgan fingerprint density at radius 2 is 2.11 bits per heavy atom. The Morgan fingerprint density at radius 1 is 1.42 bits per heavy atom. The van der Waals surface area contributed by atoms with Crippen LogP contribution in [0.25, 0.3) is 0 Å². The summed E-state index contributed by atoms with van der Waals surface area (Å²) < 4.78 is 5.45. The molecule has 0 radical (unpaired) electrons. The summed E-state index contributed by atoms with van der Waals surface area (Å²) in [5, 5.41) is 13.0. The Hall–Kier alpha value is -1.32. The van der Waals surface area contributed by atoms with E-state index in [1.54, 1.807) is 6.08 Å². The second-order valence-electron chi connectivity index (χ2n) is 5.45. The van der Waals surface area contributed by atoms with Gasteiger partial charge in [-0.1, -0.05) is 24.8 Å². The Morgan fingerprint density at radius 3 is 2.63 bits per heavy atom. The number of benzene rings is 1. The van der Waals surface area contributed by atoms with Gasteiger partial charge in [0.25, 0.3) is 0 Å². The zero-order valence-corrected chi connectivity index (χ0v) is 11.6. The molecule has 1 unspecified atom stereocenters. The van der Waals surface area contributed by atoms with E-state index in [1.165, 1.54) is 18.4 Å². The minimum absolute atomic E-state index is 0.141. The molecule has 0 heterocycles. The molecule has 1 aliphatic rings. The van der Waals surface area contributed by atoms with E-state index < -0.39 is 0 Å². The minimum Gasteiger partial charge on any atom is -0.490 e. The number of hydrogen-bond acceptors (Lipinski definition) is 3. The van der Waals surface area contributed by atoms with E-state index in [-0.39, 0.29) is 12.1 Å². The molecule has 1 aromatic rings. The normalized spacial score (nSPS) is 17.8. The molecule has 0 bridgehead atoms. The van der Waals surface area contributed by atoms with Crippen LogP contribution in [0.5, 0.6) is 5.75 Å². The predicted octanol–water partition coefficient (Wildman–Crippen LogP) is 2.50. The third-order valence-electron chi connectivity index (χ3n) is 3.79. The topological polar surface area (TPSA) is 41.5 Å². The highest BCUT2D eigenvalue weighted by atomic mass is 16.5. The van der Waals surface area contributed by atoms with Crippen LogP contribution in [-0.4, -0.2) is 23.9 Å². The Balaban J connectivity index is 1.87. The number of nitrogens with one attached hydrogen (secondary N) is 1. The van der Waals surface area contributed by atoms with E-state index in [4.69, 9.17) is 4.74 Å². The van der Waals surface area contributed by atoms with Gasteiger partial charge in [-0.15, -0.1) is 0 Å². The molecule has 1 atom stereocenters. The monoisotopic (exact) mass is 261 g/mol. The number of rotatable bonds is 8. The van der Waals surface area contributed by atoms with Gasteiger partial charge in [0, 0.05) is 12.1 Å². The Bertz CT molecular complexity index is 411. The highest BCUT2D eigenvalue weighted by molar-refractivity contribution is 5.27. The van der Waals surface area contributed by atoms with Crippen LogP contribution in [0.2, 0.25) is 0 Å². The summed E-state index contributed by atoms with van der Waals surface area (Å²) in [6.07, 6.45) is 4.18. The van der Waals surface area contributed by atoms with Crippen molar-refractivity contribution < 1.29 is 9.84 Å². The van der Waals surface area contributed by atoms with Crippen LogP contribution in [0, 0.1) is 5.92 Å². The van der Waals surface area contributed by atoms with Crippen molar-refractivity contribution in [1.29, 1.82) is 0 Å². The first-order valence-electron chi connectivity index (χ1n) is 6.86. The van der Waals surface area contributed by atoms with Gasteiger partial charge in [-0.3, -0.25) is 0 Å². The third kappa shape index (κ3) is 3.82. The molecule has 2 N–H and O–H groups in total. The summed E-state index contributed by atoms with van der Waals surface area (Å²) in [4.78, 5) is 0. The number of ether oxygens (including phenoxy) is 1. The first kappa shape index (κ1) is 14.1. The van der Waals surface area contributed by atoms with Crippen molar-refractivity contribution in [2.45, 2.75) is 31.8 Å². The number of hydrogen-bond donors (Lipinski definition) is 2. The molecule has 1 aliphatic carbocycles. The van der Waals surface area contributed by atoms with Crippen molar-refractivity contribution in [2.24, 2.45) is 5.92 Å². The fourth-order valence-corrected chi connectivity index (χ4v) is 2.21. The number of aliphatic hydroxyl groups excluding tert-OH is 1. The maximum atomic E-state index is 9.52. The second-order valence-corrected chi connectivity index (χ2v) is 5.45. The molecule has 1 fully saturated rings. The van der Waals surface area contributed by atoms with E-state index in [2.05, 4.69) is 31.0 Å². The van der Waals surface area contributed by atoms with Crippen molar-refractivity contribution in [3.63, 3.8) is 0 Å². The van der Waals surface area contributed by atoms with E-state index in [0.717, 1.165) is 12.3 Å². The van der Waals surface area contributed by atoms with Gasteiger partial charge in [0.05, 0.1) is 6.61 Å². The molecule has 0 amide bonds. The summed E-state index contributed by atoms with van der Waals surface area (Å²) in [5.74, 6) is 1.48. The van der Waals surface area contributed by atoms with E-state index in [9.17, 15) is 5.11 Å². The predicted molar refractivity (Wildman–Crippen MR) is 77.2 cm³/mol. The van der Waals surface area contributed by atoms with Gasteiger partial charge in [0.15, 0.2) is 0 Å². The lowest BCUT2D eigenvalue weighted by Gasteiger charge is -2.29. The van der Waals surface area contributed by atoms with Crippen LogP contribution >= 0.6 is 0 Å². The van der Waals surface area contributed by atoms with Gasteiger partial charge in [0.2, 0.25) is 0 Å². The smallest absolute Gasteiger partial charge is 0.119 e. The van der Waals surface area contributed by atoms with Crippen molar-refractivity contribution in [2.75, 3.05) is 13.2 Å². The van der Waals surface area contributed by atoms with E-state index in [0.29, 0.717) is 12.5 Å². The number of aliphatic hydroxyl groups is 1. The molecule has 19 heavy (non-hydrogen) atoms.